The van der Waals surface area contributed by atoms with E-state index in [-0.39, 0.29) is 17.1 Å². The second-order valence-electron chi connectivity index (χ2n) is 5.91. The van der Waals surface area contributed by atoms with Gasteiger partial charge in [-0.3, -0.25) is 14.2 Å². The van der Waals surface area contributed by atoms with Gasteiger partial charge in [-0.1, -0.05) is 30.8 Å². The fraction of sp³-hybridized carbons (Fsp3) is 0.316. The molecule has 2 aromatic heterocycles. The van der Waals surface area contributed by atoms with E-state index in [1.807, 2.05) is 45.0 Å². The molecular formula is C19H20N2O2S2. The average molecular weight is 373 g/mol. The second-order valence-corrected chi connectivity index (χ2v) is 8.31. The Hall–Kier alpha value is -1.92. The van der Waals surface area contributed by atoms with Crippen LogP contribution < -0.4 is 5.56 Å². The molecule has 6 heteroatoms. The zero-order chi connectivity index (χ0) is 18.0. The summed E-state index contributed by atoms with van der Waals surface area (Å²) in [5.41, 5.74) is 1.42. The third kappa shape index (κ3) is 3.70. The van der Waals surface area contributed by atoms with E-state index in [9.17, 15) is 9.59 Å². The molecule has 0 saturated heterocycles. The third-order valence-corrected chi connectivity index (χ3v) is 5.89. The number of fused-ring (bicyclic) bond motifs is 1. The van der Waals surface area contributed by atoms with Crippen molar-refractivity contribution in [2.45, 2.75) is 38.9 Å². The molecule has 0 N–H and O–H groups in total. The van der Waals surface area contributed by atoms with Gasteiger partial charge in [-0.05, 0) is 38.5 Å². The van der Waals surface area contributed by atoms with Crippen molar-refractivity contribution in [3.63, 3.8) is 0 Å². The Bertz CT molecular complexity index is 989. The van der Waals surface area contributed by atoms with Gasteiger partial charge in [0.05, 0.1) is 16.7 Å². The predicted molar refractivity (Wildman–Crippen MR) is 105 cm³/mol. The van der Waals surface area contributed by atoms with Gasteiger partial charge in [0.2, 0.25) is 0 Å². The maximum absolute atomic E-state index is 12.7. The number of rotatable bonds is 6. The number of nitrogens with zero attached hydrogens (tertiary/aromatic N) is 2. The summed E-state index contributed by atoms with van der Waals surface area (Å²) < 4.78 is 1.69. The number of thiophene rings is 1. The van der Waals surface area contributed by atoms with Crippen molar-refractivity contribution in [3.05, 3.63) is 56.0 Å². The molecule has 0 aliphatic rings. The van der Waals surface area contributed by atoms with Crippen molar-refractivity contribution in [1.29, 1.82) is 0 Å². The standard InChI is InChI=1S/C19H20N2O2S2/c1-4-9-21-18(23)14-7-5-6-8-16(14)20-19(21)24-11-17(22)15-10-12(2)25-13(15)3/h5-8,10H,4,9,11H2,1-3H3. The van der Waals surface area contributed by atoms with Gasteiger partial charge >= 0.3 is 0 Å². The molecule has 0 unspecified atom stereocenters. The lowest BCUT2D eigenvalue weighted by Crippen LogP contribution is -2.23. The number of para-hydroxylation sites is 1. The number of thioether (sulfide) groups is 1. The van der Waals surface area contributed by atoms with Crippen LogP contribution >= 0.6 is 23.1 Å². The second kappa shape index (κ2) is 7.54. The summed E-state index contributed by atoms with van der Waals surface area (Å²) in [6.07, 6.45) is 0.838. The molecule has 0 fully saturated rings. The van der Waals surface area contributed by atoms with Gasteiger partial charge in [0, 0.05) is 21.9 Å². The molecule has 0 bridgehead atoms. The third-order valence-electron chi connectivity index (χ3n) is 3.95. The van der Waals surface area contributed by atoms with E-state index in [1.165, 1.54) is 11.8 Å². The van der Waals surface area contributed by atoms with Crippen LogP contribution in [0.1, 0.15) is 33.5 Å². The highest BCUT2D eigenvalue weighted by atomic mass is 32.2. The highest BCUT2D eigenvalue weighted by Crippen LogP contribution is 2.24. The van der Waals surface area contributed by atoms with Gasteiger partial charge in [-0.25, -0.2) is 4.98 Å². The molecule has 0 atom stereocenters. The van der Waals surface area contributed by atoms with Crippen LogP contribution in [0.4, 0.5) is 0 Å². The predicted octanol–water partition coefficient (Wildman–Crippen LogP) is 4.46. The van der Waals surface area contributed by atoms with Gasteiger partial charge in [0.25, 0.3) is 5.56 Å². The van der Waals surface area contributed by atoms with Gasteiger partial charge < -0.3 is 0 Å². The molecule has 0 amide bonds. The van der Waals surface area contributed by atoms with Crippen LogP contribution in [0.3, 0.4) is 0 Å². The topological polar surface area (TPSA) is 52.0 Å². The van der Waals surface area contributed by atoms with E-state index in [0.717, 1.165) is 21.7 Å². The quantitative estimate of drug-likeness (QED) is 0.364. The SMILES string of the molecule is CCCn1c(SCC(=O)c2cc(C)sc2C)nc2ccccc2c1=O. The fourth-order valence-electron chi connectivity index (χ4n) is 2.79. The minimum atomic E-state index is -0.0371. The van der Waals surface area contributed by atoms with Gasteiger partial charge in [0.15, 0.2) is 10.9 Å². The van der Waals surface area contributed by atoms with E-state index < -0.39 is 0 Å². The zero-order valence-corrected chi connectivity index (χ0v) is 16.2. The molecule has 0 aliphatic heterocycles. The molecule has 0 saturated carbocycles. The van der Waals surface area contributed by atoms with Crippen molar-refractivity contribution < 1.29 is 4.79 Å². The molecule has 0 radical (unpaired) electrons. The summed E-state index contributed by atoms with van der Waals surface area (Å²) in [4.78, 5) is 32.1. The number of ketones is 1. The molecule has 130 valence electrons. The maximum Gasteiger partial charge on any atom is 0.262 e. The first-order chi connectivity index (χ1) is 12.0. The first-order valence-electron chi connectivity index (χ1n) is 8.24. The number of hydrogen-bond donors (Lipinski definition) is 0. The number of hydrogen-bond acceptors (Lipinski definition) is 5. The van der Waals surface area contributed by atoms with E-state index in [1.54, 1.807) is 22.0 Å². The van der Waals surface area contributed by atoms with Crippen molar-refractivity contribution in [2.24, 2.45) is 0 Å². The van der Waals surface area contributed by atoms with Crippen molar-refractivity contribution in [2.75, 3.05) is 5.75 Å². The van der Waals surface area contributed by atoms with Gasteiger partial charge in [0.1, 0.15) is 0 Å². The fourth-order valence-corrected chi connectivity index (χ4v) is 4.65. The Balaban J connectivity index is 1.92. The number of Topliss-reactive ketones (excluding diaryl/α,β-unsaturated/α-hetero) is 1. The first kappa shape index (κ1) is 17.9. The number of aromatic nitrogens is 2. The number of carbonyl (C=O) groups excluding carboxylic acids is 1. The summed E-state index contributed by atoms with van der Waals surface area (Å²) in [6, 6.07) is 9.30. The molecule has 25 heavy (non-hydrogen) atoms. The van der Waals surface area contributed by atoms with Crippen molar-refractivity contribution in [1.82, 2.24) is 9.55 Å². The summed E-state index contributed by atoms with van der Waals surface area (Å²) in [5.74, 6) is 0.364. The van der Waals surface area contributed by atoms with E-state index in [4.69, 9.17) is 0 Å². The Labute approximate surface area is 154 Å². The highest BCUT2D eigenvalue weighted by Gasteiger charge is 2.16. The lowest BCUT2D eigenvalue weighted by atomic mass is 10.2. The van der Waals surface area contributed by atoms with Crippen LogP contribution in [0.25, 0.3) is 10.9 Å². The summed E-state index contributed by atoms with van der Waals surface area (Å²) in [6.45, 7) is 6.60. The molecule has 2 heterocycles. The van der Waals surface area contributed by atoms with Crippen LogP contribution in [0.15, 0.2) is 40.3 Å². The first-order valence-corrected chi connectivity index (χ1v) is 10.0. The van der Waals surface area contributed by atoms with Crippen LogP contribution in [0, 0.1) is 13.8 Å². The Morgan fingerprint density at radius 1 is 1.28 bits per heavy atom. The van der Waals surface area contributed by atoms with Crippen molar-refractivity contribution in [3.8, 4) is 0 Å². The van der Waals surface area contributed by atoms with Crippen molar-refractivity contribution >= 4 is 39.8 Å². The summed E-state index contributed by atoms with van der Waals surface area (Å²) in [7, 11) is 0. The Morgan fingerprint density at radius 2 is 2.04 bits per heavy atom. The normalized spacial score (nSPS) is 11.2. The monoisotopic (exact) mass is 372 g/mol. The number of carbonyl (C=O) groups is 1. The molecular weight excluding hydrogens is 352 g/mol. The maximum atomic E-state index is 12.7. The zero-order valence-electron chi connectivity index (χ0n) is 14.5. The molecule has 0 spiro atoms. The van der Waals surface area contributed by atoms with E-state index >= 15 is 0 Å². The summed E-state index contributed by atoms with van der Waals surface area (Å²) >= 11 is 2.98. The minimum Gasteiger partial charge on any atom is -0.293 e. The molecule has 4 nitrogen and oxygen atoms in total. The van der Waals surface area contributed by atoms with Crippen LogP contribution in [0.5, 0.6) is 0 Å². The average Bonchev–Trinajstić information content (AvgIpc) is 2.94. The van der Waals surface area contributed by atoms with E-state index in [0.29, 0.717) is 22.6 Å². The number of aryl methyl sites for hydroxylation is 2. The van der Waals surface area contributed by atoms with Crippen LogP contribution in [0.2, 0.25) is 0 Å². The van der Waals surface area contributed by atoms with Crippen LogP contribution in [-0.2, 0) is 6.54 Å². The molecule has 3 rings (SSSR count). The minimum absolute atomic E-state index is 0.0371. The molecule has 3 aromatic rings. The summed E-state index contributed by atoms with van der Waals surface area (Å²) in [5, 5.41) is 1.24. The highest BCUT2D eigenvalue weighted by molar-refractivity contribution is 7.99. The molecule has 1 aromatic carbocycles. The molecule has 0 aliphatic carbocycles. The smallest absolute Gasteiger partial charge is 0.262 e. The lowest BCUT2D eigenvalue weighted by molar-refractivity contribution is 0.102. The van der Waals surface area contributed by atoms with Gasteiger partial charge in [-0.2, -0.15) is 0 Å². The lowest BCUT2D eigenvalue weighted by Gasteiger charge is -2.12. The van der Waals surface area contributed by atoms with Crippen LogP contribution in [-0.4, -0.2) is 21.1 Å². The number of benzene rings is 1. The Morgan fingerprint density at radius 3 is 2.72 bits per heavy atom. The Kier molecular flexibility index (Phi) is 5.39. The largest absolute Gasteiger partial charge is 0.293 e. The van der Waals surface area contributed by atoms with Gasteiger partial charge in [-0.15, -0.1) is 11.3 Å². The van der Waals surface area contributed by atoms with E-state index in [2.05, 4.69) is 4.98 Å².